The normalized spacial score (nSPS) is 40.6. The molecule has 4 fully saturated rings. The number of aliphatic hydroxyl groups is 1. The van der Waals surface area contributed by atoms with Crippen molar-refractivity contribution in [3.05, 3.63) is 48.6 Å². The Bertz CT molecular complexity index is 1010. The van der Waals surface area contributed by atoms with Crippen LogP contribution < -0.4 is 27.0 Å². The van der Waals surface area contributed by atoms with Gasteiger partial charge in [-0.2, -0.15) is 0 Å². The predicted octanol–water partition coefficient (Wildman–Crippen LogP) is 2.63. The molecular weight excluding hydrogens is 550 g/mol. The van der Waals surface area contributed by atoms with Gasteiger partial charge in [-0.15, -0.1) is 0 Å². The lowest BCUT2D eigenvalue weighted by molar-refractivity contribution is -0.150. The van der Waals surface area contributed by atoms with Crippen LogP contribution in [0.4, 0.5) is 0 Å². The Morgan fingerprint density at radius 3 is 1.98 bits per heavy atom. The Kier molecular flexibility index (Phi) is 13.1. The summed E-state index contributed by atoms with van der Waals surface area (Å²) >= 11 is 0. The molecule has 8 heteroatoms. The molecule has 8 nitrogen and oxygen atoms in total. The van der Waals surface area contributed by atoms with E-state index in [0.717, 1.165) is 76.3 Å². The molecule has 0 amide bonds. The maximum atomic E-state index is 11.7. The fraction of sp³-hybridized carbons (Fsp3) is 0.750. The van der Waals surface area contributed by atoms with Gasteiger partial charge < -0.3 is 36.8 Å². The molecule has 4 aliphatic carbocycles. The van der Waals surface area contributed by atoms with Crippen LogP contribution in [0.1, 0.15) is 39.0 Å². The summed E-state index contributed by atoms with van der Waals surface area (Å²) in [6.45, 7) is 11.6. The largest absolute Gasteiger partial charge is 0.466 e. The summed E-state index contributed by atoms with van der Waals surface area (Å²) in [5.74, 6) is 6.25. The van der Waals surface area contributed by atoms with Crippen LogP contribution in [0, 0.1) is 59.2 Å². The number of hydrogen-bond acceptors (Lipinski definition) is 8. The molecule has 4 heterocycles. The van der Waals surface area contributed by atoms with E-state index in [1.807, 2.05) is 6.92 Å². The molecule has 246 valence electrons. The first-order valence-electron chi connectivity index (χ1n) is 17.6. The standard InChI is InChI=1S/C11H17NO2.C9H15NO.C8H14N2.C8H13N/c1-2-14-11(13)9-5-3-4-8-6-12-7-10(8)9;11-6-8-3-1-2-7-4-10-5-9(7)8;9-8-3-1-2-6-4-10-5-7(6)8;1-2-4-8-6-9-5-7(8)3-1/h3-4,8-10,12H,2,5-7H2,1H3;1-2,7-11H,3-6H2;1-2,6-8,10H,3-5,9H2;1,3,7-9H,2,4-6H2. The molecule has 0 radical (unpaired) electrons. The number of carbonyl (C=O) groups excluding carboxylic acids is 1. The van der Waals surface area contributed by atoms with Gasteiger partial charge in [0.25, 0.3) is 0 Å². The van der Waals surface area contributed by atoms with Gasteiger partial charge in [0, 0.05) is 45.4 Å². The van der Waals surface area contributed by atoms with Gasteiger partial charge in [0.2, 0.25) is 0 Å². The summed E-state index contributed by atoms with van der Waals surface area (Å²) in [6.07, 6.45) is 23.8. The Morgan fingerprint density at radius 2 is 1.30 bits per heavy atom. The maximum absolute atomic E-state index is 11.7. The van der Waals surface area contributed by atoms with Crippen molar-refractivity contribution < 1.29 is 14.6 Å². The lowest BCUT2D eigenvalue weighted by atomic mass is 9.78. The second-order valence-corrected chi connectivity index (χ2v) is 14.0. The molecule has 0 bridgehead atoms. The quantitative estimate of drug-likeness (QED) is 0.214. The van der Waals surface area contributed by atoms with Gasteiger partial charge in [-0.25, -0.2) is 0 Å². The number of allylic oxidation sites excluding steroid dienone is 3. The van der Waals surface area contributed by atoms with Crippen molar-refractivity contribution in [3.63, 3.8) is 0 Å². The molecule has 11 atom stereocenters. The number of esters is 1. The van der Waals surface area contributed by atoms with E-state index in [4.69, 9.17) is 15.6 Å². The van der Waals surface area contributed by atoms with E-state index in [-0.39, 0.29) is 11.9 Å². The van der Waals surface area contributed by atoms with E-state index < -0.39 is 0 Å². The fourth-order valence-electron chi connectivity index (χ4n) is 8.59. The summed E-state index contributed by atoms with van der Waals surface area (Å²) in [5, 5.41) is 22.6. The third kappa shape index (κ3) is 8.71. The SMILES string of the molecule is C1=CC2CNCC2CC1.CCOC(=O)C1CC=CC2CNCC21.NC1CC=CC2CNCC12.OCC1CC=CC2CNCC21. The van der Waals surface area contributed by atoms with Crippen LogP contribution in [0.25, 0.3) is 0 Å². The van der Waals surface area contributed by atoms with E-state index in [0.29, 0.717) is 54.8 Å². The predicted molar refractivity (Wildman–Crippen MR) is 178 cm³/mol. The molecule has 4 saturated heterocycles. The van der Waals surface area contributed by atoms with Crippen molar-refractivity contribution in [2.24, 2.45) is 64.9 Å². The lowest BCUT2D eigenvalue weighted by Gasteiger charge is -2.27. The summed E-state index contributed by atoms with van der Waals surface area (Å²) in [5.41, 5.74) is 5.93. The summed E-state index contributed by atoms with van der Waals surface area (Å²) < 4.78 is 5.09. The second kappa shape index (κ2) is 17.2. The van der Waals surface area contributed by atoms with Gasteiger partial charge in [0.05, 0.1) is 12.5 Å². The average molecular weight is 610 g/mol. The molecule has 0 spiro atoms. The molecule has 0 aromatic heterocycles. The van der Waals surface area contributed by atoms with Gasteiger partial charge in [-0.1, -0.05) is 48.6 Å². The number of nitrogens with one attached hydrogen (secondary N) is 4. The number of ether oxygens (including phenoxy) is 1. The highest BCUT2D eigenvalue weighted by atomic mass is 16.5. The minimum absolute atomic E-state index is 0.0180. The van der Waals surface area contributed by atoms with Gasteiger partial charge >= 0.3 is 5.97 Å². The Labute approximate surface area is 265 Å². The zero-order valence-corrected chi connectivity index (χ0v) is 26.9. The maximum Gasteiger partial charge on any atom is 0.309 e. The van der Waals surface area contributed by atoms with E-state index in [1.54, 1.807) is 0 Å². The molecular formula is C36H59N5O3. The van der Waals surface area contributed by atoms with Gasteiger partial charge in [-0.3, -0.25) is 4.79 Å². The molecule has 0 saturated carbocycles. The van der Waals surface area contributed by atoms with Crippen LogP contribution in [-0.4, -0.2) is 82.7 Å². The Morgan fingerprint density at radius 1 is 0.727 bits per heavy atom. The second-order valence-electron chi connectivity index (χ2n) is 14.0. The summed E-state index contributed by atoms with van der Waals surface area (Å²) in [7, 11) is 0. The number of nitrogens with two attached hydrogens (primary N) is 1. The van der Waals surface area contributed by atoms with Crippen molar-refractivity contribution in [1.29, 1.82) is 0 Å². The highest BCUT2D eigenvalue weighted by Crippen LogP contribution is 2.34. The van der Waals surface area contributed by atoms with Crippen molar-refractivity contribution >= 4 is 5.97 Å². The third-order valence-corrected chi connectivity index (χ3v) is 11.3. The molecule has 8 rings (SSSR count). The molecule has 0 aromatic rings. The van der Waals surface area contributed by atoms with Crippen LogP contribution in [0.5, 0.6) is 0 Å². The van der Waals surface area contributed by atoms with Crippen LogP contribution in [0.3, 0.4) is 0 Å². The van der Waals surface area contributed by atoms with Crippen molar-refractivity contribution in [2.45, 2.75) is 45.1 Å². The van der Waals surface area contributed by atoms with E-state index in [2.05, 4.69) is 69.9 Å². The molecule has 0 aromatic carbocycles. The topological polar surface area (TPSA) is 121 Å². The van der Waals surface area contributed by atoms with Crippen LogP contribution in [0.15, 0.2) is 48.6 Å². The summed E-state index contributed by atoms with van der Waals surface area (Å²) in [6, 6.07) is 0.407. The van der Waals surface area contributed by atoms with Gasteiger partial charge in [0.1, 0.15) is 0 Å². The number of carbonyl (C=O) groups is 1. The highest BCUT2D eigenvalue weighted by molar-refractivity contribution is 5.73. The minimum Gasteiger partial charge on any atom is -0.466 e. The van der Waals surface area contributed by atoms with Crippen molar-refractivity contribution in [1.82, 2.24) is 21.3 Å². The number of rotatable bonds is 3. The fourth-order valence-corrected chi connectivity index (χ4v) is 8.59. The van der Waals surface area contributed by atoms with Crippen LogP contribution >= 0.6 is 0 Å². The molecule has 8 aliphatic rings. The zero-order valence-electron chi connectivity index (χ0n) is 26.9. The number of fused-ring (bicyclic) bond motifs is 4. The van der Waals surface area contributed by atoms with E-state index in [9.17, 15) is 4.79 Å². The lowest BCUT2D eigenvalue weighted by Crippen LogP contribution is -2.36. The van der Waals surface area contributed by atoms with Crippen molar-refractivity contribution in [2.75, 3.05) is 65.6 Å². The Balaban J connectivity index is 0.000000118. The number of aliphatic hydroxyl groups excluding tert-OH is 1. The molecule has 7 N–H and O–H groups in total. The van der Waals surface area contributed by atoms with Gasteiger partial charge in [-0.05, 0) is 112 Å². The zero-order chi connectivity index (χ0) is 30.7. The molecule has 44 heavy (non-hydrogen) atoms. The van der Waals surface area contributed by atoms with Gasteiger partial charge in [0.15, 0.2) is 0 Å². The smallest absolute Gasteiger partial charge is 0.309 e. The number of hydrogen-bond donors (Lipinski definition) is 6. The third-order valence-electron chi connectivity index (χ3n) is 11.3. The molecule has 11 unspecified atom stereocenters. The molecule has 4 aliphatic heterocycles. The van der Waals surface area contributed by atoms with Crippen molar-refractivity contribution in [3.8, 4) is 0 Å². The first-order chi connectivity index (χ1) is 21.6. The summed E-state index contributed by atoms with van der Waals surface area (Å²) in [4.78, 5) is 11.7. The monoisotopic (exact) mass is 609 g/mol. The first kappa shape index (κ1) is 33.6. The first-order valence-corrected chi connectivity index (χ1v) is 17.6. The average Bonchev–Trinajstić information content (AvgIpc) is 3.88. The van der Waals surface area contributed by atoms with E-state index in [1.165, 1.54) is 25.9 Å². The van der Waals surface area contributed by atoms with Crippen LogP contribution in [-0.2, 0) is 9.53 Å². The Hall–Kier alpha value is -1.81. The van der Waals surface area contributed by atoms with E-state index >= 15 is 0 Å². The van der Waals surface area contributed by atoms with Crippen LogP contribution in [0.2, 0.25) is 0 Å². The highest BCUT2D eigenvalue weighted by Gasteiger charge is 2.38. The minimum atomic E-state index is -0.0180.